The van der Waals surface area contributed by atoms with Crippen molar-refractivity contribution in [2.24, 2.45) is 0 Å². The summed E-state index contributed by atoms with van der Waals surface area (Å²) in [6.07, 6.45) is 2.89. The van der Waals surface area contributed by atoms with Crippen molar-refractivity contribution in [1.29, 1.82) is 0 Å². The molecule has 0 saturated heterocycles. The first-order valence-electron chi connectivity index (χ1n) is 11.8. The summed E-state index contributed by atoms with van der Waals surface area (Å²) >= 11 is 0. The van der Waals surface area contributed by atoms with Gasteiger partial charge in [-0.05, 0) is 53.9 Å². The number of nitrogens with one attached hydrogen (secondary N) is 1. The van der Waals surface area contributed by atoms with Gasteiger partial charge in [0.25, 0.3) is 5.56 Å². The zero-order chi connectivity index (χ0) is 24.5. The maximum Gasteiger partial charge on any atom is 0.326 e. The zero-order valence-corrected chi connectivity index (χ0v) is 19.5. The van der Waals surface area contributed by atoms with Gasteiger partial charge in [-0.2, -0.15) is 0 Å². The van der Waals surface area contributed by atoms with Crippen LogP contribution in [0.4, 0.5) is 16.2 Å². The number of para-hydroxylation sites is 1. The Bertz CT molecular complexity index is 1650. The maximum absolute atomic E-state index is 13.6. The van der Waals surface area contributed by atoms with Gasteiger partial charge >= 0.3 is 6.03 Å². The van der Waals surface area contributed by atoms with E-state index in [-0.39, 0.29) is 11.6 Å². The first kappa shape index (κ1) is 21.7. The number of hydrogen-bond acceptors (Lipinski definition) is 4. The average molecular weight is 474 g/mol. The van der Waals surface area contributed by atoms with Gasteiger partial charge in [0.15, 0.2) is 5.65 Å². The first-order valence-corrected chi connectivity index (χ1v) is 11.8. The molecule has 0 atom stereocenters. The fourth-order valence-electron chi connectivity index (χ4n) is 4.67. The Labute approximate surface area is 207 Å². The van der Waals surface area contributed by atoms with Gasteiger partial charge in [-0.15, -0.1) is 0 Å². The average Bonchev–Trinajstić information content (AvgIpc) is 3.34. The van der Waals surface area contributed by atoms with Crippen LogP contribution in [0.3, 0.4) is 0 Å². The fraction of sp³-hybridized carbons (Fsp3) is 0.103. The van der Waals surface area contributed by atoms with Crippen LogP contribution < -0.4 is 15.8 Å². The molecule has 2 aromatic heterocycles. The number of fused-ring (bicyclic) bond motifs is 2. The first-order chi connectivity index (χ1) is 17.7. The molecule has 2 amide bonds. The van der Waals surface area contributed by atoms with Crippen LogP contribution in [-0.2, 0) is 12.8 Å². The Balaban J connectivity index is 1.37. The molecule has 6 rings (SSSR count). The highest BCUT2D eigenvalue weighted by atomic mass is 16.2. The van der Waals surface area contributed by atoms with Gasteiger partial charge in [0.05, 0.1) is 5.69 Å². The highest BCUT2D eigenvalue weighted by Crippen LogP contribution is 2.28. The standard InChI is InChI=1S/C29H23N5O2/c35-28-25(18-20-8-2-1-3-9-20)32-24-13-7-16-30-27(24)34(28)23-12-6-11-22(19-23)31-29(36)33-17-15-21-10-4-5-14-26(21)33/h1-14,16,19H,15,17-18H2,(H,31,36). The number of nitrogens with zero attached hydrogens (tertiary/aromatic N) is 4. The van der Waals surface area contributed by atoms with E-state index >= 15 is 0 Å². The minimum Gasteiger partial charge on any atom is -0.307 e. The Morgan fingerprint density at radius 2 is 1.75 bits per heavy atom. The van der Waals surface area contributed by atoms with Gasteiger partial charge in [-0.3, -0.25) is 14.3 Å². The SMILES string of the molecule is O=C(Nc1cccc(-n2c(=O)c(Cc3ccccc3)nc3cccnc32)c1)N1CCc2ccccc21. The molecule has 0 bridgehead atoms. The second-order valence-corrected chi connectivity index (χ2v) is 8.72. The Hall–Kier alpha value is -4.78. The van der Waals surface area contributed by atoms with E-state index in [4.69, 9.17) is 0 Å². The van der Waals surface area contributed by atoms with E-state index < -0.39 is 0 Å². The van der Waals surface area contributed by atoms with E-state index in [0.717, 1.165) is 23.2 Å². The van der Waals surface area contributed by atoms with Crippen molar-refractivity contribution in [3.8, 4) is 5.69 Å². The molecule has 1 aliphatic rings. The number of anilines is 2. The summed E-state index contributed by atoms with van der Waals surface area (Å²) in [5.41, 5.74) is 5.60. The second kappa shape index (κ2) is 9.11. The van der Waals surface area contributed by atoms with Crippen LogP contribution in [0.25, 0.3) is 16.9 Å². The molecule has 1 aliphatic heterocycles. The molecule has 0 aliphatic carbocycles. The van der Waals surface area contributed by atoms with Gasteiger partial charge in [0.2, 0.25) is 0 Å². The fourth-order valence-corrected chi connectivity index (χ4v) is 4.67. The third-order valence-corrected chi connectivity index (χ3v) is 6.39. The van der Waals surface area contributed by atoms with Crippen LogP contribution in [0.2, 0.25) is 0 Å². The quantitative estimate of drug-likeness (QED) is 0.400. The van der Waals surface area contributed by atoms with E-state index in [0.29, 0.717) is 41.2 Å². The van der Waals surface area contributed by atoms with Crippen LogP contribution >= 0.6 is 0 Å². The lowest BCUT2D eigenvalue weighted by atomic mass is 10.1. The third-order valence-electron chi connectivity index (χ3n) is 6.39. The molecule has 3 aromatic carbocycles. The number of amides is 2. The summed E-state index contributed by atoms with van der Waals surface area (Å²) < 4.78 is 1.57. The molecule has 0 unspecified atom stereocenters. The summed E-state index contributed by atoms with van der Waals surface area (Å²) in [6, 6.07) is 28.4. The van der Waals surface area contributed by atoms with E-state index in [1.165, 1.54) is 0 Å². The predicted octanol–water partition coefficient (Wildman–Crippen LogP) is 4.97. The van der Waals surface area contributed by atoms with E-state index in [2.05, 4.69) is 15.3 Å². The number of carbonyl (C=O) groups is 1. The number of benzene rings is 3. The molecule has 36 heavy (non-hydrogen) atoms. The number of urea groups is 1. The molecule has 0 spiro atoms. The van der Waals surface area contributed by atoms with Crippen LogP contribution in [-0.4, -0.2) is 27.1 Å². The van der Waals surface area contributed by atoms with Crippen LogP contribution in [0.1, 0.15) is 16.8 Å². The van der Waals surface area contributed by atoms with Crippen LogP contribution in [0, 0.1) is 0 Å². The van der Waals surface area contributed by atoms with Crippen molar-refractivity contribution in [2.75, 3.05) is 16.8 Å². The highest BCUT2D eigenvalue weighted by molar-refractivity contribution is 6.03. The van der Waals surface area contributed by atoms with Crippen molar-refractivity contribution in [2.45, 2.75) is 12.8 Å². The summed E-state index contributed by atoms with van der Waals surface area (Å²) in [5, 5.41) is 2.99. The summed E-state index contributed by atoms with van der Waals surface area (Å²) in [6.45, 7) is 0.631. The third kappa shape index (κ3) is 4.01. The van der Waals surface area contributed by atoms with E-state index in [9.17, 15) is 9.59 Å². The molecule has 7 nitrogen and oxygen atoms in total. The van der Waals surface area contributed by atoms with Gasteiger partial charge in [-0.25, -0.2) is 14.8 Å². The minimum atomic E-state index is -0.234. The zero-order valence-electron chi connectivity index (χ0n) is 19.5. The Morgan fingerprint density at radius 3 is 2.64 bits per heavy atom. The molecular weight excluding hydrogens is 450 g/mol. The molecule has 7 heteroatoms. The second-order valence-electron chi connectivity index (χ2n) is 8.72. The smallest absolute Gasteiger partial charge is 0.307 e. The number of pyridine rings is 1. The lowest BCUT2D eigenvalue weighted by Gasteiger charge is -2.19. The Kier molecular flexibility index (Phi) is 5.50. The van der Waals surface area contributed by atoms with Gasteiger partial charge in [0, 0.05) is 30.5 Å². The van der Waals surface area contributed by atoms with Crippen molar-refractivity contribution >= 4 is 28.6 Å². The molecule has 0 radical (unpaired) electrons. The summed E-state index contributed by atoms with van der Waals surface area (Å²) in [4.78, 5) is 37.5. The van der Waals surface area contributed by atoms with Crippen molar-refractivity contribution in [3.63, 3.8) is 0 Å². The van der Waals surface area contributed by atoms with Gasteiger partial charge < -0.3 is 5.32 Å². The monoisotopic (exact) mass is 473 g/mol. The normalized spacial score (nSPS) is 12.5. The molecule has 1 N–H and O–H groups in total. The predicted molar refractivity (Wildman–Crippen MR) is 141 cm³/mol. The van der Waals surface area contributed by atoms with Crippen LogP contribution in [0.15, 0.2) is 102 Å². The molecule has 0 fully saturated rings. The number of hydrogen-bond donors (Lipinski definition) is 1. The molecular formula is C29H23N5O2. The number of aromatic nitrogens is 3. The molecule has 176 valence electrons. The van der Waals surface area contributed by atoms with Crippen molar-refractivity contribution in [1.82, 2.24) is 14.5 Å². The van der Waals surface area contributed by atoms with Crippen LogP contribution in [0.5, 0.6) is 0 Å². The number of rotatable bonds is 4. The van der Waals surface area contributed by atoms with Crippen molar-refractivity contribution in [3.05, 3.63) is 124 Å². The summed E-state index contributed by atoms with van der Waals surface area (Å²) in [7, 11) is 0. The lowest BCUT2D eigenvalue weighted by molar-refractivity contribution is 0.257. The van der Waals surface area contributed by atoms with E-state index in [1.54, 1.807) is 27.8 Å². The largest absolute Gasteiger partial charge is 0.326 e. The summed E-state index contributed by atoms with van der Waals surface area (Å²) in [5.74, 6) is 0. The topological polar surface area (TPSA) is 80.1 Å². The lowest BCUT2D eigenvalue weighted by Crippen LogP contribution is -2.33. The van der Waals surface area contributed by atoms with Crippen molar-refractivity contribution < 1.29 is 4.79 Å². The van der Waals surface area contributed by atoms with Gasteiger partial charge in [-0.1, -0.05) is 54.6 Å². The highest BCUT2D eigenvalue weighted by Gasteiger charge is 2.24. The number of carbonyl (C=O) groups excluding carboxylic acids is 1. The van der Waals surface area contributed by atoms with E-state index in [1.807, 2.05) is 78.9 Å². The Morgan fingerprint density at radius 1 is 0.917 bits per heavy atom. The minimum absolute atomic E-state index is 0.202. The molecule has 5 aromatic rings. The maximum atomic E-state index is 13.6. The van der Waals surface area contributed by atoms with Gasteiger partial charge in [0.1, 0.15) is 11.2 Å². The molecule has 3 heterocycles. The molecule has 0 saturated carbocycles.